The van der Waals surface area contributed by atoms with Gasteiger partial charge in [-0.1, -0.05) is 63.0 Å². The van der Waals surface area contributed by atoms with Crippen molar-refractivity contribution < 1.29 is 23.1 Å². The molecule has 1 amide bonds. The van der Waals surface area contributed by atoms with Crippen molar-refractivity contribution in [2.24, 2.45) is 11.3 Å². The van der Waals surface area contributed by atoms with E-state index < -0.39 is 41.0 Å². The fourth-order valence-corrected chi connectivity index (χ4v) is 8.15. The number of amides is 1. The first-order chi connectivity index (χ1) is 20.3. The molecule has 0 saturated carbocycles. The first-order valence-corrected chi connectivity index (χ1v) is 15.9. The van der Waals surface area contributed by atoms with Crippen molar-refractivity contribution in [3.05, 3.63) is 63.1 Å². The maximum Gasteiger partial charge on any atom is 0.237 e. The Labute approximate surface area is 262 Å². The third kappa shape index (κ3) is 6.23. The number of fused-ring (bicyclic) bond motifs is 2. The molecule has 6 nitrogen and oxygen atoms in total. The van der Waals surface area contributed by atoms with Crippen LogP contribution in [0.1, 0.15) is 70.4 Å². The van der Waals surface area contributed by atoms with Gasteiger partial charge in [0.1, 0.15) is 22.8 Å². The quantitative estimate of drug-likeness (QED) is 0.303. The third-order valence-electron chi connectivity index (χ3n) is 9.27. The molecule has 2 aromatic rings. The molecule has 0 radical (unpaired) electrons. The van der Waals surface area contributed by atoms with Crippen molar-refractivity contribution in [2.75, 3.05) is 38.2 Å². The number of benzene rings is 2. The number of morpholine rings is 1. The molecule has 2 aromatic carbocycles. The van der Waals surface area contributed by atoms with Gasteiger partial charge in [-0.15, -0.1) is 0 Å². The molecule has 4 atom stereocenters. The van der Waals surface area contributed by atoms with Gasteiger partial charge in [0, 0.05) is 37.2 Å². The maximum absolute atomic E-state index is 16.0. The van der Waals surface area contributed by atoms with E-state index in [1.165, 1.54) is 18.2 Å². The number of Topliss-reactive ketones (excluding diaryl/α,β-unsaturated/α-hetero) is 1. The van der Waals surface area contributed by atoms with E-state index in [-0.39, 0.29) is 33.2 Å². The van der Waals surface area contributed by atoms with Gasteiger partial charge in [-0.3, -0.25) is 14.5 Å². The monoisotopic (exact) mass is 635 g/mol. The number of carbonyl (C=O) groups is 2. The minimum Gasteiger partial charge on any atom is -0.379 e. The van der Waals surface area contributed by atoms with Gasteiger partial charge in [0.15, 0.2) is 0 Å². The van der Waals surface area contributed by atoms with Crippen molar-refractivity contribution in [3.8, 4) is 0 Å². The average molecular weight is 637 g/mol. The molecule has 3 aliphatic rings. The highest BCUT2D eigenvalue weighted by molar-refractivity contribution is 6.31. The Kier molecular flexibility index (Phi) is 9.55. The number of halogens is 4. The van der Waals surface area contributed by atoms with Crippen molar-refractivity contribution in [3.63, 3.8) is 0 Å². The molecule has 3 heterocycles. The van der Waals surface area contributed by atoms with Crippen LogP contribution < -0.4 is 10.6 Å². The molecule has 10 heteroatoms. The second-order valence-electron chi connectivity index (χ2n) is 13.4. The Balaban J connectivity index is 1.62. The molecule has 1 spiro atoms. The molecule has 3 aliphatic heterocycles. The molecule has 0 bridgehead atoms. The first kappa shape index (κ1) is 32.3. The minimum absolute atomic E-state index is 0.101. The normalized spacial score (nSPS) is 25.9. The summed E-state index contributed by atoms with van der Waals surface area (Å²) < 4.78 is 36.6. The van der Waals surface area contributed by atoms with Crippen LogP contribution in [-0.4, -0.2) is 61.5 Å². The standard InChI is InChI=1S/C33H41Cl2F2N3O3/c1-19(2)17-32(3,4)18-27-33(21-15-24(36)23(35)16-25(21)38-31(33)42)28(20-7-5-8-22(34)29(20)37)30(39-27)26(41)9-6-10-40-11-13-43-14-12-40/h5,7-8,15-16,19,27-28,30,39H,6,9-14,17-18H2,1-4H3,(H,38,42)/t27-,28+,30+,33+/m1/s1. The van der Waals surface area contributed by atoms with Crippen LogP contribution >= 0.6 is 23.2 Å². The van der Waals surface area contributed by atoms with Crippen LogP contribution in [0.5, 0.6) is 0 Å². The molecule has 0 aliphatic carbocycles. The van der Waals surface area contributed by atoms with E-state index in [0.29, 0.717) is 43.2 Å². The van der Waals surface area contributed by atoms with Crippen molar-refractivity contribution in [1.29, 1.82) is 0 Å². The zero-order chi connectivity index (χ0) is 31.1. The Morgan fingerprint density at radius 2 is 1.88 bits per heavy atom. The number of hydrogen-bond acceptors (Lipinski definition) is 5. The van der Waals surface area contributed by atoms with Gasteiger partial charge in [-0.2, -0.15) is 0 Å². The molecule has 0 aromatic heterocycles. The maximum atomic E-state index is 16.0. The molecule has 2 N–H and O–H groups in total. The van der Waals surface area contributed by atoms with Crippen LogP contribution in [0.2, 0.25) is 10.0 Å². The number of nitrogens with zero attached hydrogens (tertiary/aromatic N) is 1. The molecule has 0 unspecified atom stereocenters. The van der Waals surface area contributed by atoms with E-state index in [1.54, 1.807) is 12.1 Å². The molecule has 2 fully saturated rings. The summed E-state index contributed by atoms with van der Waals surface area (Å²) in [5.41, 5.74) is -0.819. The summed E-state index contributed by atoms with van der Waals surface area (Å²) in [5.74, 6) is -2.47. The molecule has 2 saturated heterocycles. The lowest BCUT2D eigenvalue weighted by Gasteiger charge is -2.39. The van der Waals surface area contributed by atoms with E-state index in [9.17, 15) is 9.59 Å². The highest BCUT2D eigenvalue weighted by Gasteiger charge is 2.66. The Morgan fingerprint density at radius 3 is 2.58 bits per heavy atom. The molecule has 5 rings (SSSR count). The molecule has 234 valence electrons. The highest BCUT2D eigenvalue weighted by Crippen LogP contribution is 2.58. The van der Waals surface area contributed by atoms with Gasteiger partial charge in [-0.05, 0) is 66.5 Å². The lowest BCUT2D eigenvalue weighted by atomic mass is 9.61. The second kappa shape index (κ2) is 12.7. The molecular weight excluding hydrogens is 595 g/mol. The van der Waals surface area contributed by atoms with Gasteiger partial charge in [0.25, 0.3) is 0 Å². The molecule has 43 heavy (non-hydrogen) atoms. The van der Waals surface area contributed by atoms with Crippen molar-refractivity contribution in [2.45, 2.75) is 76.8 Å². The topological polar surface area (TPSA) is 70.7 Å². The zero-order valence-corrected chi connectivity index (χ0v) is 26.8. The lowest BCUT2D eigenvalue weighted by molar-refractivity contribution is -0.122. The van der Waals surface area contributed by atoms with E-state index >= 15 is 8.78 Å². The number of hydrogen-bond donors (Lipinski definition) is 2. The Morgan fingerprint density at radius 1 is 1.16 bits per heavy atom. The summed E-state index contributed by atoms with van der Waals surface area (Å²) in [4.78, 5) is 30.8. The van der Waals surface area contributed by atoms with Crippen molar-refractivity contribution >= 4 is 40.6 Å². The van der Waals surface area contributed by atoms with Gasteiger partial charge in [-0.25, -0.2) is 8.78 Å². The Bertz CT molecular complexity index is 1380. The SMILES string of the molecule is CC(C)CC(C)(C)C[C@H]1N[C@@H](C(=O)CCCN2CCOCC2)[C@H](c2cccc(Cl)c2F)[C@@]12C(=O)Nc1cc(Cl)c(F)cc12. The van der Waals surface area contributed by atoms with Crippen LogP contribution in [0.3, 0.4) is 0 Å². The van der Waals surface area contributed by atoms with Gasteiger partial charge >= 0.3 is 0 Å². The smallest absolute Gasteiger partial charge is 0.237 e. The largest absolute Gasteiger partial charge is 0.379 e. The van der Waals surface area contributed by atoms with Crippen LogP contribution in [-0.2, 0) is 19.7 Å². The summed E-state index contributed by atoms with van der Waals surface area (Å²) in [6.07, 6.45) is 2.22. The van der Waals surface area contributed by atoms with Gasteiger partial charge in [0.2, 0.25) is 5.91 Å². The fraction of sp³-hybridized carbons (Fsp3) is 0.576. The number of ketones is 1. The summed E-state index contributed by atoms with van der Waals surface area (Å²) in [7, 11) is 0. The highest BCUT2D eigenvalue weighted by atomic mass is 35.5. The number of carbonyl (C=O) groups excluding carboxylic acids is 2. The Hall–Kier alpha value is -2.10. The summed E-state index contributed by atoms with van der Waals surface area (Å²) in [6.45, 7) is 12.2. The minimum atomic E-state index is -1.48. The lowest BCUT2D eigenvalue weighted by Crippen LogP contribution is -2.50. The van der Waals surface area contributed by atoms with Crippen LogP contribution in [0.25, 0.3) is 0 Å². The second-order valence-corrected chi connectivity index (χ2v) is 14.3. The van der Waals surface area contributed by atoms with Crippen LogP contribution in [0, 0.1) is 23.0 Å². The van der Waals surface area contributed by atoms with E-state index in [2.05, 4.69) is 43.2 Å². The van der Waals surface area contributed by atoms with Crippen molar-refractivity contribution in [1.82, 2.24) is 10.2 Å². The number of nitrogens with one attached hydrogen (secondary N) is 2. The first-order valence-electron chi connectivity index (χ1n) is 15.2. The van der Waals surface area contributed by atoms with E-state index in [1.807, 2.05) is 0 Å². The van der Waals surface area contributed by atoms with E-state index in [0.717, 1.165) is 26.1 Å². The van der Waals surface area contributed by atoms with Crippen LogP contribution in [0.15, 0.2) is 30.3 Å². The molecular formula is C33H41Cl2F2N3O3. The predicted octanol–water partition coefficient (Wildman–Crippen LogP) is 6.73. The predicted molar refractivity (Wildman–Crippen MR) is 166 cm³/mol. The third-order valence-corrected chi connectivity index (χ3v) is 9.85. The summed E-state index contributed by atoms with van der Waals surface area (Å²) in [6, 6.07) is 5.84. The summed E-state index contributed by atoms with van der Waals surface area (Å²) >= 11 is 12.4. The number of rotatable bonds is 10. The average Bonchev–Trinajstić information content (AvgIpc) is 3.40. The van der Waals surface area contributed by atoms with E-state index in [4.69, 9.17) is 27.9 Å². The zero-order valence-electron chi connectivity index (χ0n) is 25.2. The summed E-state index contributed by atoms with van der Waals surface area (Å²) in [5, 5.41) is 6.23. The number of ether oxygens (including phenoxy) is 1. The van der Waals surface area contributed by atoms with Crippen LogP contribution in [0.4, 0.5) is 14.5 Å². The van der Waals surface area contributed by atoms with Gasteiger partial charge < -0.3 is 15.4 Å². The van der Waals surface area contributed by atoms with Gasteiger partial charge in [0.05, 0.1) is 29.3 Å². The fourth-order valence-electron chi connectivity index (χ4n) is 7.80. The number of anilines is 1.